The van der Waals surface area contributed by atoms with Crippen molar-refractivity contribution < 1.29 is 27.2 Å². The number of hydrogen-bond donors (Lipinski definition) is 1. The second kappa shape index (κ2) is 7.85. The number of Topliss-reactive ketones (excluding diaryl/α,β-unsaturated/α-hetero) is 1. The van der Waals surface area contributed by atoms with Gasteiger partial charge in [0.1, 0.15) is 5.71 Å². The zero-order valence-corrected chi connectivity index (χ0v) is 14.0. The van der Waals surface area contributed by atoms with Crippen molar-refractivity contribution in [3.8, 4) is 0 Å². The Balaban J connectivity index is 2.11. The van der Waals surface area contributed by atoms with Gasteiger partial charge in [-0.1, -0.05) is 0 Å². The molecule has 6 nitrogen and oxygen atoms in total. The third-order valence-electron chi connectivity index (χ3n) is 3.39. The summed E-state index contributed by atoms with van der Waals surface area (Å²) in [5.41, 5.74) is 1.38. The molecule has 26 heavy (non-hydrogen) atoms. The summed E-state index contributed by atoms with van der Waals surface area (Å²) in [5, 5.41) is 3.10. The first-order valence-corrected chi connectivity index (χ1v) is 7.46. The van der Waals surface area contributed by atoms with Crippen molar-refractivity contribution in [2.75, 3.05) is 19.0 Å². The van der Waals surface area contributed by atoms with E-state index in [0.717, 1.165) is 5.69 Å². The Morgan fingerprint density at radius 1 is 1.15 bits per heavy atom. The highest BCUT2D eigenvalue weighted by Crippen LogP contribution is 2.21. The van der Waals surface area contributed by atoms with Crippen molar-refractivity contribution in [2.24, 2.45) is 5.10 Å². The average molecular weight is 367 g/mol. The topological polar surface area (TPSA) is 74.9 Å². The van der Waals surface area contributed by atoms with E-state index in [4.69, 9.17) is 4.42 Å². The van der Waals surface area contributed by atoms with E-state index in [1.54, 1.807) is 12.1 Å². The molecule has 0 unspecified atom stereocenters. The number of hydrazone groups is 1. The van der Waals surface area contributed by atoms with Crippen molar-refractivity contribution >= 4 is 23.1 Å². The van der Waals surface area contributed by atoms with E-state index in [0.29, 0.717) is 0 Å². The third-order valence-corrected chi connectivity index (χ3v) is 3.39. The van der Waals surface area contributed by atoms with E-state index in [2.05, 4.69) is 5.10 Å². The molecule has 1 aromatic heterocycles. The molecular formula is C17H16F3N3O3. The fourth-order valence-corrected chi connectivity index (χ4v) is 1.97. The van der Waals surface area contributed by atoms with Crippen LogP contribution in [-0.2, 0) is 0 Å². The number of hydrogen-bond acceptors (Lipinski definition) is 5. The Bertz CT molecular complexity index is 795. The number of furan rings is 1. The first kappa shape index (κ1) is 19.2. The highest BCUT2D eigenvalue weighted by atomic mass is 19.4. The van der Waals surface area contributed by atoms with Crippen LogP contribution in [0, 0.1) is 0 Å². The molecule has 1 aromatic carbocycles. The summed E-state index contributed by atoms with van der Waals surface area (Å²) in [5.74, 6) is -1.93. The Hall–Kier alpha value is -3.10. The van der Waals surface area contributed by atoms with Gasteiger partial charge in [-0.15, -0.1) is 0 Å². The van der Waals surface area contributed by atoms with Gasteiger partial charge in [-0.2, -0.15) is 18.3 Å². The maximum Gasteiger partial charge on any atom is 0.431 e. The molecule has 0 aliphatic carbocycles. The summed E-state index contributed by atoms with van der Waals surface area (Å²) in [6.07, 6.45) is -4.74. The van der Waals surface area contributed by atoms with Gasteiger partial charge in [0.2, 0.25) is 5.78 Å². The molecule has 0 aliphatic rings. The molecule has 1 N–H and O–H groups in total. The quantitative estimate of drug-likeness (QED) is 0.483. The molecule has 0 atom stereocenters. The second-order valence-corrected chi connectivity index (χ2v) is 5.52. The third kappa shape index (κ3) is 4.95. The summed E-state index contributed by atoms with van der Waals surface area (Å²) < 4.78 is 43.9. The standard InChI is InChI=1S/C17H16F3N3O3/c1-23(2)12-7-5-11(6-8-12)16(25)22-21-15(17(18,19)20)10-13(24)14-4-3-9-26-14/h3-9H,10H2,1-2H3,(H,22,25). The number of ketones is 1. The van der Waals surface area contributed by atoms with Crippen molar-refractivity contribution in [1.29, 1.82) is 0 Å². The zero-order chi connectivity index (χ0) is 19.3. The van der Waals surface area contributed by atoms with Gasteiger partial charge in [0, 0.05) is 25.3 Å². The van der Waals surface area contributed by atoms with Gasteiger partial charge in [-0.3, -0.25) is 9.59 Å². The summed E-state index contributed by atoms with van der Waals surface area (Å²) >= 11 is 0. The Labute approximate surface area is 147 Å². The maximum absolute atomic E-state index is 13.0. The van der Waals surface area contributed by atoms with E-state index in [1.165, 1.54) is 30.5 Å². The van der Waals surface area contributed by atoms with E-state index in [9.17, 15) is 22.8 Å². The van der Waals surface area contributed by atoms with Crippen LogP contribution in [0.2, 0.25) is 0 Å². The van der Waals surface area contributed by atoms with E-state index in [-0.39, 0.29) is 11.3 Å². The van der Waals surface area contributed by atoms with Crippen LogP contribution < -0.4 is 10.3 Å². The Morgan fingerprint density at radius 2 is 1.81 bits per heavy atom. The fraction of sp³-hybridized carbons (Fsp3) is 0.235. The van der Waals surface area contributed by atoms with Crippen LogP contribution in [-0.4, -0.2) is 37.7 Å². The molecule has 1 amide bonds. The minimum Gasteiger partial charge on any atom is -0.461 e. The molecule has 0 radical (unpaired) electrons. The normalized spacial score (nSPS) is 12.0. The van der Waals surface area contributed by atoms with Gasteiger partial charge in [-0.25, -0.2) is 5.43 Å². The van der Waals surface area contributed by atoms with Crippen molar-refractivity contribution in [1.82, 2.24) is 5.43 Å². The van der Waals surface area contributed by atoms with Crippen LogP contribution >= 0.6 is 0 Å². The van der Waals surface area contributed by atoms with Crippen LogP contribution in [0.4, 0.5) is 18.9 Å². The highest BCUT2D eigenvalue weighted by Gasteiger charge is 2.38. The van der Waals surface area contributed by atoms with Gasteiger partial charge in [0.15, 0.2) is 5.76 Å². The summed E-state index contributed by atoms with van der Waals surface area (Å²) in [4.78, 5) is 25.6. The van der Waals surface area contributed by atoms with Crippen LogP contribution in [0.1, 0.15) is 27.3 Å². The van der Waals surface area contributed by atoms with E-state index >= 15 is 0 Å². The van der Waals surface area contributed by atoms with Crippen molar-refractivity contribution in [3.05, 3.63) is 54.0 Å². The van der Waals surface area contributed by atoms with E-state index in [1.807, 2.05) is 24.4 Å². The number of nitrogens with zero attached hydrogens (tertiary/aromatic N) is 2. The lowest BCUT2D eigenvalue weighted by molar-refractivity contribution is -0.0605. The van der Waals surface area contributed by atoms with Gasteiger partial charge in [0.25, 0.3) is 5.91 Å². The first-order chi connectivity index (χ1) is 12.2. The zero-order valence-electron chi connectivity index (χ0n) is 14.0. The van der Waals surface area contributed by atoms with E-state index < -0.39 is 30.0 Å². The van der Waals surface area contributed by atoms with Gasteiger partial charge in [0.05, 0.1) is 12.7 Å². The number of benzene rings is 1. The molecule has 0 saturated carbocycles. The Morgan fingerprint density at radius 3 is 2.31 bits per heavy atom. The lowest BCUT2D eigenvalue weighted by atomic mass is 10.1. The molecule has 0 spiro atoms. The lowest BCUT2D eigenvalue weighted by Crippen LogP contribution is -2.30. The number of rotatable bonds is 6. The van der Waals surface area contributed by atoms with Gasteiger partial charge < -0.3 is 9.32 Å². The summed E-state index contributed by atoms with van der Waals surface area (Å²) in [7, 11) is 3.62. The van der Waals surface area contributed by atoms with Crippen molar-refractivity contribution in [3.63, 3.8) is 0 Å². The van der Waals surface area contributed by atoms with Crippen LogP contribution in [0.5, 0.6) is 0 Å². The monoisotopic (exact) mass is 367 g/mol. The number of amides is 1. The van der Waals surface area contributed by atoms with Crippen LogP contribution in [0.25, 0.3) is 0 Å². The van der Waals surface area contributed by atoms with Crippen LogP contribution in [0.3, 0.4) is 0 Å². The predicted molar refractivity (Wildman–Crippen MR) is 89.4 cm³/mol. The molecule has 0 saturated heterocycles. The molecule has 0 bridgehead atoms. The van der Waals surface area contributed by atoms with Crippen molar-refractivity contribution in [2.45, 2.75) is 12.6 Å². The molecular weight excluding hydrogens is 351 g/mol. The highest BCUT2D eigenvalue weighted by molar-refractivity contribution is 6.10. The van der Waals surface area contributed by atoms with Gasteiger partial charge in [-0.05, 0) is 36.4 Å². The largest absolute Gasteiger partial charge is 0.461 e. The first-order valence-electron chi connectivity index (χ1n) is 7.46. The lowest BCUT2D eigenvalue weighted by Gasteiger charge is -2.12. The summed E-state index contributed by atoms with van der Waals surface area (Å²) in [6, 6.07) is 8.84. The number of anilines is 1. The smallest absolute Gasteiger partial charge is 0.431 e. The predicted octanol–water partition coefficient (Wildman–Crippen LogP) is 3.27. The van der Waals surface area contributed by atoms with Crippen LogP contribution in [0.15, 0.2) is 52.2 Å². The molecule has 0 aliphatic heterocycles. The minimum absolute atomic E-state index is 0.137. The molecule has 9 heteroatoms. The summed E-state index contributed by atoms with van der Waals surface area (Å²) in [6.45, 7) is 0. The maximum atomic E-state index is 13.0. The fourth-order valence-electron chi connectivity index (χ4n) is 1.97. The number of nitrogens with one attached hydrogen (secondary N) is 1. The Kier molecular flexibility index (Phi) is 5.81. The average Bonchev–Trinajstić information content (AvgIpc) is 3.11. The molecule has 0 fully saturated rings. The SMILES string of the molecule is CN(C)c1ccc(C(=O)NN=C(CC(=O)c2ccco2)C(F)(F)F)cc1. The number of carbonyl (C=O) groups is 2. The van der Waals surface area contributed by atoms with Gasteiger partial charge >= 0.3 is 6.18 Å². The number of halogens is 3. The number of carbonyl (C=O) groups excluding carboxylic acids is 2. The minimum atomic E-state index is -4.87. The molecule has 2 rings (SSSR count). The second-order valence-electron chi connectivity index (χ2n) is 5.52. The molecule has 1 heterocycles. The molecule has 138 valence electrons. The number of alkyl halides is 3. The molecule has 2 aromatic rings.